The molecule has 0 aliphatic carbocycles. The topological polar surface area (TPSA) is 127 Å². The molecule has 9 nitrogen and oxygen atoms in total. The predicted octanol–water partition coefficient (Wildman–Crippen LogP) is 6.50. The van der Waals surface area contributed by atoms with Crippen molar-refractivity contribution in [2.75, 3.05) is 18.1 Å². The van der Waals surface area contributed by atoms with Gasteiger partial charge in [-0.3, -0.25) is 14.4 Å². The monoisotopic (exact) mass is 659 g/mol. The molecule has 47 heavy (non-hydrogen) atoms. The largest absolute Gasteiger partial charge is 0.494 e. The lowest BCUT2D eigenvalue weighted by Gasteiger charge is -2.17. The molecule has 1 atom stereocenters. The molecule has 238 valence electrons. The molecule has 2 heterocycles. The van der Waals surface area contributed by atoms with Gasteiger partial charge in [0.1, 0.15) is 16.8 Å². The van der Waals surface area contributed by atoms with Crippen LogP contribution in [0.5, 0.6) is 5.75 Å². The number of ketones is 1. The number of benzene rings is 3. The zero-order valence-electron chi connectivity index (χ0n) is 24.6. The van der Waals surface area contributed by atoms with E-state index in [2.05, 4.69) is 4.98 Å². The molecule has 0 N–H and O–H groups in total. The number of hydrogen-bond donors (Lipinski definition) is 0. The van der Waals surface area contributed by atoms with Crippen LogP contribution in [0.15, 0.2) is 90.0 Å². The van der Waals surface area contributed by atoms with Gasteiger partial charge < -0.3 is 9.47 Å². The summed E-state index contributed by atoms with van der Waals surface area (Å²) in [5.41, 5.74) is -1.12. The summed E-state index contributed by atoms with van der Waals surface area (Å²) in [6.07, 6.45) is -5.23. The molecule has 1 fully saturated rings. The van der Waals surface area contributed by atoms with E-state index in [0.29, 0.717) is 35.2 Å². The van der Waals surface area contributed by atoms with E-state index in [-0.39, 0.29) is 28.4 Å². The second-order valence-electron chi connectivity index (χ2n) is 10.1. The van der Waals surface area contributed by atoms with Crippen LogP contribution in [0.3, 0.4) is 0 Å². The van der Waals surface area contributed by atoms with Crippen molar-refractivity contribution < 1.29 is 41.8 Å². The zero-order chi connectivity index (χ0) is 33.7. The van der Waals surface area contributed by atoms with Gasteiger partial charge in [0.2, 0.25) is 11.8 Å². The van der Waals surface area contributed by atoms with Gasteiger partial charge in [0.15, 0.2) is 12.4 Å². The number of amides is 2. The Morgan fingerprint density at radius 3 is 2.28 bits per heavy atom. The summed E-state index contributed by atoms with van der Waals surface area (Å²) >= 11 is 0.612. The fourth-order valence-corrected chi connectivity index (χ4v) is 5.87. The van der Waals surface area contributed by atoms with Crippen LogP contribution in [-0.4, -0.2) is 47.0 Å². The van der Waals surface area contributed by atoms with Gasteiger partial charge in [-0.25, -0.2) is 14.7 Å². The molecule has 0 radical (unpaired) electrons. The summed E-state index contributed by atoms with van der Waals surface area (Å²) < 4.78 is 52.4. The summed E-state index contributed by atoms with van der Waals surface area (Å²) in [6.45, 7) is 1.79. The number of halogens is 3. The number of aromatic nitrogens is 1. The number of nitriles is 1. The van der Waals surface area contributed by atoms with Gasteiger partial charge in [-0.15, -0.1) is 0 Å². The average Bonchev–Trinajstić information content (AvgIpc) is 3.35. The van der Waals surface area contributed by atoms with Crippen molar-refractivity contribution in [3.63, 3.8) is 0 Å². The van der Waals surface area contributed by atoms with Gasteiger partial charge in [0, 0.05) is 17.5 Å². The van der Waals surface area contributed by atoms with Crippen LogP contribution in [0.2, 0.25) is 0 Å². The number of ether oxygens (including phenoxy) is 2. The summed E-state index contributed by atoms with van der Waals surface area (Å²) in [5.74, 6) is -1.99. The van der Waals surface area contributed by atoms with Crippen LogP contribution in [0.1, 0.15) is 45.2 Å². The molecule has 1 aliphatic heterocycles. The quantitative estimate of drug-likeness (QED) is 0.107. The second kappa shape index (κ2) is 13.9. The zero-order valence-corrected chi connectivity index (χ0v) is 25.4. The Balaban J connectivity index is 1.29. The van der Waals surface area contributed by atoms with Crippen LogP contribution in [0.4, 0.5) is 18.9 Å². The Morgan fingerprint density at radius 2 is 1.66 bits per heavy atom. The first-order valence-electron chi connectivity index (χ1n) is 14.1. The molecule has 1 saturated heterocycles. The Labute approximate surface area is 270 Å². The van der Waals surface area contributed by atoms with Gasteiger partial charge in [0.05, 0.1) is 39.9 Å². The third-order valence-corrected chi connectivity index (χ3v) is 8.19. The molecule has 2 amide bonds. The van der Waals surface area contributed by atoms with E-state index in [1.165, 1.54) is 24.3 Å². The molecule has 0 spiro atoms. The van der Waals surface area contributed by atoms with Gasteiger partial charge in [-0.05, 0) is 61.5 Å². The van der Waals surface area contributed by atoms with Gasteiger partial charge in [0.25, 0.3) is 0 Å². The van der Waals surface area contributed by atoms with Crippen molar-refractivity contribution in [3.05, 3.63) is 107 Å². The normalized spacial score (nSPS) is 14.5. The number of imide groups is 1. The lowest BCUT2D eigenvalue weighted by molar-refractivity contribution is -0.138. The van der Waals surface area contributed by atoms with Crippen LogP contribution < -0.4 is 9.64 Å². The molecule has 5 rings (SSSR count). The number of thioether (sulfide) groups is 1. The molecule has 0 saturated carbocycles. The average molecular weight is 660 g/mol. The summed E-state index contributed by atoms with van der Waals surface area (Å²) in [7, 11) is 0. The highest BCUT2D eigenvalue weighted by Gasteiger charge is 2.42. The number of hydrogen-bond acceptors (Lipinski definition) is 9. The summed E-state index contributed by atoms with van der Waals surface area (Å²) in [4.78, 5) is 56.4. The maximum absolute atomic E-state index is 14.0. The number of anilines is 1. The van der Waals surface area contributed by atoms with E-state index in [1.807, 2.05) is 6.92 Å². The molecule has 4 aromatic rings. The molecule has 1 aromatic heterocycles. The molecule has 0 bridgehead atoms. The molecule has 3 aromatic carbocycles. The number of pyridine rings is 1. The van der Waals surface area contributed by atoms with Crippen LogP contribution in [0, 0.1) is 11.3 Å². The highest BCUT2D eigenvalue weighted by atomic mass is 32.2. The van der Waals surface area contributed by atoms with Crippen molar-refractivity contribution in [3.8, 4) is 23.1 Å². The van der Waals surface area contributed by atoms with E-state index >= 15 is 0 Å². The van der Waals surface area contributed by atoms with Crippen molar-refractivity contribution in [2.24, 2.45) is 0 Å². The third kappa shape index (κ3) is 7.34. The Bertz CT molecular complexity index is 1880. The summed E-state index contributed by atoms with van der Waals surface area (Å²) in [6, 6.07) is 22.1. The smallest absolute Gasteiger partial charge is 0.417 e. The number of carbonyl (C=O) groups is 4. The fourth-order valence-electron chi connectivity index (χ4n) is 4.75. The third-order valence-electron chi connectivity index (χ3n) is 7.02. The van der Waals surface area contributed by atoms with Gasteiger partial charge in [-0.2, -0.15) is 18.4 Å². The Morgan fingerprint density at radius 1 is 1.00 bits per heavy atom. The number of nitrogens with zero attached hydrogens (tertiary/aromatic N) is 3. The molecular formula is C34H24F3N3O6S. The number of alkyl halides is 3. The van der Waals surface area contributed by atoms with Crippen molar-refractivity contribution in [1.82, 2.24) is 4.98 Å². The SMILES string of the molecule is CCOc1ccc(C(=O)COC(=O)c2ccc(N3C(=O)CC(Sc4nc(-c5ccccc5)cc(C(F)(F)F)c4C#N)C3=O)cc2)cc1. The fraction of sp³-hybridized carbons (Fsp3) is 0.176. The highest BCUT2D eigenvalue weighted by Crippen LogP contribution is 2.41. The van der Waals surface area contributed by atoms with Gasteiger partial charge in [-0.1, -0.05) is 42.1 Å². The minimum atomic E-state index is -4.88. The molecular weight excluding hydrogens is 635 g/mol. The van der Waals surface area contributed by atoms with Crippen molar-refractivity contribution >= 4 is 41.0 Å². The van der Waals surface area contributed by atoms with E-state index in [0.717, 1.165) is 11.0 Å². The van der Waals surface area contributed by atoms with Crippen LogP contribution >= 0.6 is 11.8 Å². The maximum atomic E-state index is 14.0. The lowest BCUT2D eigenvalue weighted by Crippen LogP contribution is -2.31. The minimum Gasteiger partial charge on any atom is -0.494 e. The van der Waals surface area contributed by atoms with E-state index < -0.39 is 52.7 Å². The number of esters is 1. The van der Waals surface area contributed by atoms with E-state index in [1.54, 1.807) is 60.7 Å². The van der Waals surface area contributed by atoms with Crippen LogP contribution in [0.25, 0.3) is 11.3 Å². The van der Waals surface area contributed by atoms with Crippen molar-refractivity contribution in [1.29, 1.82) is 5.26 Å². The van der Waals surface area contributed by atoms with Gasteiger partial charge >= 0.3 is 12.1 Å². The second-order valence-corrected chi connectivity index (χ2v) is 11.3. The van der Waals surface area contributed by atoms with Crippen molar-refractivity contribution in [2.45, 2.75) is 29.8 Å². The lowest BCUT2D eigenvalue weighted by atomic mass is 10.1. The molecule has 13 heteroatoms. The minimum absolute atomic E-state index is 0.0447. The standard InChI is InChI=1S/C34H24F3N3O6S/c1-2-45-24-14-10-21(11-15-24)28(41)19-46-33(44)22-8-12-23(13-9-22)40-30(42)17-29(32(40)43)47-31-25(18-38)26(34(35,36)37)16-27(39-31)20-6-4-3-5-7-20/h3-16,29H,2,17,19H2,1H3. The van der Waals surface area contributed by atoms with E-state index in [4.69, 9.17) is 9.47 Å². The first-order chi connectivity index (χ1) is 22.5. The summed E-state index contributed by atoms with van der Waals surface area (Å²) in [5, 5.41) is 8.16. The number of carbonyl (C=O) groups excluding carboxylic acids is 4. The first kappa shape index (κ1) is 32.9. The number of Topliss-reactive ketones (excluding diaryl/α,β-unsaturated/α-hetero) is 1. The Hall–Kier alpha value is -5.48. The molecule has 1 unspecified atom stereocenters. The van der Waals surface area contributed by atoms with Crippen LogP contribution in [-0.2, 0) is 20.5 Å². The Kier molecular flexibility index (Phi) is 9.72. The highest BCUT2D eigenvalue weighted by molar-refractivity contribution is 8.00. The predicted molar refractivity (Wildman–Crippen MR) is 165 cm³/mol. The first-order valence-corrected chi connectivity index (χ1v) is 15.0. The van der Waals surface area contributed by atoms with E-state index in [9.17, 15) is 37.6 Å². The molecule has 1 aliphatic rings. The maximum Gasteiger partial charge on any atom is 0.417 e. The number of rotatable bonds is 10.